The van der Waals surface area contributed by atoms with Crippen molar-refractivity contribution in [2.24, 2.45) is 11.8 Å². The van der Waals surface area contributed by atoms with Crippen molar-refractivity contribution in [3.05, 3.63) is 22.8 Å². The van der Waals surface area contributed by atoms with Crippen LogP contribution in [0.4, 0.5) is 5.82 Å². The Balaban J connectivity index is 2.07. The quantitative estimate of drug-likeness (QED) is 0.888. The van der Waals surface area contributed by atoms with Gasteiger partial charge in [0.2, 0.25) is 0 Å². The van der Waals surface area contributed by atoms with Gasteiger partial charge in [0.25, 0.3) is 0 Å². The number of anilines is 1. The van der Waals surface area contributed by atoms with Gasteiger partial charge in [-0.2, -0.15) is 0 Å². The van der Waals surface area contributed by atoms with Gasteiger partial charge in [-0.1, -0.05) is 25.4 Å². The molecule has 3 unspecified atom stereocenters. The first kappa shape index (κ1) is 14.1. The fourth-order valence-electron chi connectivity index (χ4n) is 2.56. The van der Waals surface area contributed by atoms with Crippen LogP contribution in [0.25, 0.3) is 0 Å². The molecule has 1 heterocycles. The molecule has 0 bridgehead atoms. The molecule has 0 aliphatic heterocycles. The van der Waals surface area contributed by atoms with Gasteiger partial charge in [0.1, 0.15) is 5.82 Å². The number of aromatic nitrogens is 1. The summed E-state index contributed by atoms with van der Waals surface area (Å²) in [6, 6.07) is 3.67. The van der Waals surface area contributed by atoms with E-state index in [-0.39, 0.29) is 10.7 Å². The van der Waals surface area contributed by atoms with Crippen LogP contribution in [0, 0.1) is 11.8 Å². The molecular weight excluding hydrogens is 264 g/mol. The van der Waals surface area contributed by atoms with Crippen molar-refractivity contribution in [1.29, 1.82) is 0 Å². The van der Waals surface area contributed by atoms with Crippen LogP contribution in [-0.2, 0) is 0 Å². The molecule has 4 nitrogen and oxygen atoms in total. The second-order valence-corrected chi connectivity index (χ2v) is 5.85. The van der Waals surface area contributed by atoms with Gasteiger partial charge in [-0.3, -0.25) is 0 Å². The molecule has 104 valence electrons. The standard InChI is InChI=1S/C14H19ClN2O2/c1-8-3-4-10(7-9(8)2)16-12-6-5-11(15)13(17-12)14(18)19/h5-6,8-10H,3-4,7H2,1-2H3,(H,16,17)(H,18,19). The minimum absolute atomic E-state index is 0.0936. The fraction of sp³-hybridized carbons (Fsp3) is 0.571. The molecule has 1 aliphatic carbocycles. The number of rotatable bonds is 3. The molecule has 2 N–H and O–H groups in total. The molecule has 0 aromatic carbocycles. The molecule has 2 rings (SSSR count). The number of aromatic carboxylic acids is 1. The molecule has 0 amide bonds. The Kier molecular flexibility index (Phi) is 4.30. The maximum Gasteiger partial charge on any atom is 0.356 e. The van der Waals surface area contributed by atoms with Gasteiger partial charge in [-0.25, -0.2) is 9.78 Å². The summed E-state index contributed by atoms with van der Waals surface area (Å²) in [5.74, 6) is 0.927. The van der Waals surface area contributed by atoms with E-state index < -0.39 is 5.97 Å². The van der Waals surface area contributed by atoms with Gasteiger partial charge < -0.3 is 10.4 Å². The molecule has 0 saturated heterocycles. The molecule has 1 saturated carbocycles. The van der Waals surface area contributed by atoms with Crippen LogP contribution in [0.3, 0.4) is 0 Å². The van der Waals surface area contributed by atoms with E-state index in [1.165, 1.54) is 6.42 Å². The second kappa shape index (κ2) is 5.78. The van der Waals surface area contributed by atoms with Crippen LogP contribution in [-0.4, -0.2) is 22.1 Å². The average molecular weight is 283 g/mol. The van der Waals surface area contributed by atoms with E-state index in [4.69, 9.17) is 16.7 Å². The molecule has 0 radical (unpaired) electrons. The summed E-state index contributed by atoms with van der Waals surface area (Å²) in [5, 5.41) is 12.5. The van der Waals surface area contributed by atoms with Crippen molar-refractivity contribution in [2.75, 3.05) is 5.32 Å². The normalized spacial score (nSPS) is 27.0. The number of nitrogens with one attached hydrogen (secondary N) is 1. The first-order valence-corrected chi connectivity index (χ1v) is 7.01. The van der Waals surface area contributed by atoms with E-state index in [0.29, 0.717) is 17.8 Å². The predicted molar refractivity (Wildman–Crippen MR) is 75.8 cm³/mol. The number of nitrogens with zero attached hydrogens (tertiary/aromatic N) is 1. The SMILES string of the molecule is CC1CCC(Nc2ccc(Cl)c(C(=O)O)n2)CC1C. The van der Waals surface area contributed by atoms with Crippen LogP contribution in [0.1, 0.15) is 43.6 Å². The van der Waals surface area contributed by atoms with Crippen molar-refractivity contribution in [2.45, 2.75) is 39.2 Å². The molecule has 1 aromatic rings. The lowest BCUT2D eigenvalue weighted by atomic mass is 9.79. The Bertz CT molecular complexity index is 479. The van der Waals surface area contributed by atoms with Crippen LogP contribution in [0.5, 0.6) is 0 Å². The molecule has 1 aliphatic rings. The van der Waals surface area contributed by atoms with Crippen LogP contribution in [0.2, 0.25) is 5.02 Å². The van der Waals surface area contributed by atoms with Gasteiger partial charge in [0, 0.05) is 6.04 Å². The highest BCUT2D eigenvalue weighted by atomic mass is 35.5. The summed E-state index contributed by atoms with van der Waals surface area (Å²) in [6.45, 7) is 4.54. The first-order valence-electron chi connectivity index (χ1n) is 6.63. The summed E-state index contributed by atoms with van der Waals surface area (Å²) in [7, 11) is 0. The van der Waals surface area contributed by atoms with Crippen molar-refractivity contribution < 1.29 is 9.90 Å². The highest BCUT2D eigenvalue weighted by Gasteiger charge is 2.24. The Hall–Kier alpha value is -1.29. The highest BCUT2D eigenvalue weighted by Crippen LogP contribution is 2.31. The first-order chi connectivity index (χ1) is 8.97. The van der Waals surface area contributed by atoms with Gasteiger partial charge in [0.15, 0.2) is 5.69 Å². The van der Waals surface area contributed by atoms with Gasteiger partial charge in [0.05, 0.1) is 5.02 Å². The second-order valence-electron chi connectivity index (χ2n) is 5.44. The maximum atomic E-state index is 11.0. The lowest BCUT2D eigenvalue weighted by Crippen LogP contribution is -2.30. The Morgan fingerprint density at radius 1 is 1.37 bits per heavy atom. The third kappa shape index (κ3) is 3.38. The summed E-state index contributed by atoms with van der Waals surface area (Å²) in [5.41, 5.74) is -0.0936. The number of carboxylic acids is 1. The van der Waals surface area contributed by atoms with Gasteiger partial charge in [-0.05, 0) is 43.2 Å². The molecule has 1 aromatic heterocycles. The highest BCUT2D eigenvalue weighted by molar-refractivity contribution is 6.33. The Labute approximate surface area is 118 Å². The fourth-order valence-corrected chi connectivity index (χ4v) is 2.75. The van der Waals surface area contributed by atoms with E-state index in [2.05, 4.69) is 24.1 Å². The number of halogens is 1. The third-order valence-corrected chi connectivity index (χ3v) is 4.30. The van der Waals surface area contributed by atoms with Crippen LogP contribution >= 0.6 is 11.6 Å². The average Bonchev–Trinajstić information content (AvgIpc) is 2.36. The van der Waals surface area contributed by atoms with Crippen LogP contribution < -0.4 is 5.32 Å². The van der Waals surface area contributed by atoms with Crippen molar-refractivity contribution in [1.82, 2.24) is 4.98 Å². The summed E-state index contributed by atoms with van der Waals surface area (Å²) in [4.78, 5) is 15.1. The number of carbonyl (C=O) groups is 1. The van der Waals surface area contributed by atoms with Crippen LogP contribution in [0.15, 0.2) is 12.1 Å². The lowest BCUT2D eigenvalue weighted by molar-refractivity contribution is 0.0691. The minimum atomic E-state index is -1.10. The summed E-state index contributed by atoms with van der Waals surface area (Å²) >= 11 is 5.81. The summed E-state index contributed by atoms with van der Waals surface area (Å²) in [6.07, 6.45) is 3.38. The van der Waals surface area contributed by atoms with Gasteiger partial charge in [-0.15, -0.1) is 0 Å². The van der Waals surface area contributed by atoms with E-state index in [9.17, 15) is 4.79 Å². The smallest absolute Gasteiger partial charge is 0.356 e. The van der Waals surface area contributed by atoms with Crippen molar-refractivity contribution in [3.8, 4) is 0 Å². The Morgan fingerprint density at radius 2 is 2.11 bits per heavy atom. The molecule has 5 heteroatoms. The van der Waals surface area contributed by atoms with Gasteiger partial charge >= 0.3 is 5.97 Å². The van der Waals surface area contributed by atoms with E-state index in [0.717, 1.165) is 18.8 Å². The zero-order chi connectivity index (χ0) is 14.0. The predicted octanol–water partition coefficient (Wildman–Crippen LogP) is 3.67. The number of hydrogen-bond donors (Lipinski definition) is 2. The monoisotopic (exact) mass is 282 g/mol. The Morgan fingerprint density at radius 3 is 2.74 bits per heavy atom. The minimum Gasteiger partial charge on any atom is -0.476 e. The topological polar surface area (TPSA) is 62.2 Å². The molecule has 3 atom stereocenters. The zero-order valence-corrected chi connectivity index (χ0v) is 11.9. The number of hydrogen-bond acceptors (Lipinski definition) is 3. The lowest BCUT2D eigenvalue weighted by Gasteiger charge is -2.32. The van der Waals surface area contributed by atoms with Crippen molar-refractivity contribution >= 4 is 23.4 Å². The number of pyridine rings is 1. The van der Waals surface area contributed by atoms with E-state index in [1.807, 2.05) is 0 Å². The molecule has 0 spiro atoms. The summed E-state index contributed by atoms with van der Waals surface area (Å²) < 4.78 is 0. The van der Waals surface area contributed by atoms with Crippen molar-refractivity contribution in [3.63, 3.8) is 0 Å². The zero-order valence-electron chi connectivity index (χ0n) is 11.2. The third-order valence-electron chi connectivity index (χ3n) is 4.00. The number of carboxylic acid groups (broad SMARTS) is 1. The molecule has 1 fully saturated rings. The van der Waals surface area contributed by atoms with E-state index >= 15 is 0 Å². The maximum absolute atomic E-state index is 11.0. The molecular formula is C14H19ClN2O2. The van der Waals surface area contributed by atoms with E-state index in [1.54, 1.807) is 12.1 Å². The molecule has 19 heavy (non-hydrogen) atoms. The largest absolute Gasteiger partial charge is 0.476 e.